The van der Waals surface area contributed by atoms with Crippen molar-refractivity contribution in [1.29, 1.82) is 0 Å². The SMILES string of the molecule is [2H]C([2H])([2H])c1cc2c(oc3c4ccccc4ccc23)c(-c2ccc3c(C)cccc3[n+]2C)c1C. The minimum absolute atomic E-state index is 0.357. The van der Waals surface area contributed by atoms with Gasteiger partial charge in [-0.15, -0.1) is 0 Å². The lowest BCUT2D eigenvalue weighted by Gasteiger charge is -2.10. The fraction of sp³-hybridized carbons (Fsp3) is 0.138. The van der Waals surface area contributed by atoms with Crippen molar-refractivity contribution in [2.45, 2.75) is 20.7 Å². The first-order valence-corrected chi connectivity index (χ1v) is 10.5. The van der Waals surface area contributed by atoms with E-state index < -0.39 is 6.85 Å². The van der Waals surface area contributed by atoms with Crippen molar-refractivity contribution in [3.05, 3.63) is 89.5 Å². The number of nitrogens with zero attached hydrogens (tertiary/aromatic N) is 1. The van der Waals surface area contributed by atoms with Crippen molar-refractivity contribution in [1.82, 2.24) is 0 Å². The Morgan fingerprint density at radius 3 is 2.45 bits per heavy atom. The van der Waals surface area contributed by atoms with Crippen molar-refractivity contribution in [2.24, 2.45) is 7.05 Å². The normalized spacial score (nSPS) is 13.7. The number of aryl methyl sites for hydroxylation is 3. The van der Waals surface area contributed by atoms with Crippen LogP contribution < -0.4 is 4.57 Å². The lowest BCUT2D eigenvalue weighted by molar-refractivity contribution is -0.633. The summed E-state index contributed by atoms with van der Waals surface area (Å²) in [5, 5.41) is 5.05. The molecule has 0 amide bonds. The lowest BCUT2D eigenvalue weighted by Crippen LogP contribution is -2.32. The smallest absolute Gasteiger partial charge is 0.216 e. The van der Waals surface area contributed by atoms with Gasteiger partial charge in [0.2, 0.25) is 11.2 Å². The molecule has 2 heteroatoms. The molecular weight excluding hydrogens is 378 g/mol. The van der Waals surface area contributed by atoms with E-state index in [0.29, 0.717) is 5.56 Å². The molecule has 0 saturated heterocycles. The van der Waals surface area contributed by atoms with Gasteiger partial charge < -0.3 is 4.42 Å². The first-order valence-electron chi connectivity index (χ1n) is 12.0. The van der Waals surface area contributed by atoms with Crippen molar-refractivity contribution >= 4 is 43.6 Å². The van der Waals surface area contributed by atoms with Gasteiger partial charge in [0.15, 0.2) is 0 Å². The highest BCUT2D eigenvalue weighted by Gasteiger charge is 2.24. The Labute approximate surface area is 185 Å². The monoisotopic (exact) mass is 405 g/mol. The van der Waals surface area contributed by atoms with Crippen LogP contribution in [0.1, 0.15) is 20.8 Å². The molecule has 4 aromatic carbocycles. The van der Waals surface area contributed by atoms with Crippen LogP contribution in [0.25, 0.3) is 54.9 Å². The van der Waals surface area contributed by atoms with E-state index in [2.05, 4.69) is 60.0 Å². The molecular formula is C29H24NO+. The van der Waals surface area contributed by atoms with Crippen LogP contribution >= 0.6 is 0 Å². The molecule has 0 radical (unpaired) electrons. The molecule has 2 nitrogen and oxygen atoms in total. The summed E-state index contributed by atoms with van der Waals surface area (Å²) in [6.45, 7) is 1.76. The van der Waals surface area contributed by atoms with E-state index in [1.54, 1.807) is 6.07 Å². The molecule has 31 heavy (non-hydrogen) atoms. The molecule has 0 spiro atoms. The van der Waals surface area contributed by atoms with Gasteiger partial charge in [-0.3, -0.25) is 0 Å². The maximum atomic E-state index is 8.25. The summed E-state index contributed by atoms with van der Waals surface area (Å²) < 4.78 is 33.5. The van der Waals surface area contributed by atoms with Gasteiger partial charge in [0.25, 0.3) is 0 Å². The first-order chi connectivity index (χ1) is 16.3. The van der Waals surface area contributed by atoms with Gasteiger partial charge in [0, 0.05) is 37.8 Å². The molecule has 6 aromatic rings. The largest absolute Gasteiger partial charge is 0.454 e. The quantitative estimate of drug-likeness (QED) is 0.262. The molecule has 0 unspecified atom stereocenters. The second-order valence-electron chi connectivity index (χ2n) is 8.35. The molecule has 0 aliphatic carbocycles. The average molecular weight is 406 g/mol. The van der Waals surface area contributed by atoms with Crippen LogP contribution in [0.5, 0.6) is 0 Å². The van der Waals surface area contributed by atoms with Gasteiger partial charge in [0.1, 0.15) is 18.2 Å². The summed E-state index contributed by atoms with van der Waals surface area (Å²) in [6.07, 6.45) is 0. The van der Waals surface area contributed by atoms with Crippen molar-refractivity contribution in [3.8, 4) is 11.3 Å². The third-order valence-electron chi connectivity index (χ3n) is 6.60. The Hall–Kier alpha value is -3.65. The van der Waals surface area contributed by atoms with Gasteiger partial charge >= 0.3 is 0 Å². The Balaban J connectivity index is 1.81. The van der Waals surface area contributed by atoms with Crippen LogP contribution in [0.15, 0.2) is 77.2 Å². The highest BCUT2D eigenvalue weighted by atomic mass is 16.3. The molecule has 0 atom stereocenters. The van der Waals surface area contributed by atoms with E-state index >= 15 is 0 Å². The van der Waals surface area contributed by atoms with E-state index in [4.69, 9.17) is 8.53 Å². The predicted octanol–water partition coefficient (Wildman–Crippen LogP) is 7.31. The molecule has 0 N–H and O–H groups in total. The lowest BCUT2D eigenvalue weighted by atomic mass is 9.95. The van der Waals surface area contributed by atoms with Crippen LogP contribution in [-0.4, -0.2) is 0 Å². The highest BCUT2D eigenvalue weighted by molar-refractivity contribution is 6.17. The molecule has 0 fully saturated rings. The number of aromatic nitrogens is 1. The number of benzene rings is 4. The second kappa shape index (κ2) is 6.42. The zero-order valence-electron chi connectivity index (χ0n) is 20.8. The molecule has 2 aromatic heterocycles. The van der Waals surface area contributed by atoms with Crippen LogP contribution in [0.2, 0.25) is 0 Å². The van der Waals surface area contributed by atoms with E-state index in [1.807, 2.05) is 32.2 Å². The fourth-order valence-electron chi connectivity index (χ4n) is 4.87. The summed E-state index contributed by atoms with van der Waals surface area (Å²) >= 11 is 0. The summed E-state index contributed by atoms with van der Waals surface area (Å²) in [4.78, 5) is 0. The second-order valence-corrected chi connectivity index (χ2v) is 8.35. The highest BCUT2D eigenvalue weighted by Crippen LogP contribution is 2.41. The summed E-state index contributed by atoms with van der Waals surface area (Å²) in [7, 11) is 2.03. The third-order valence-corrected chi connectivity index (χ3v) is 6.60. The van der Waals surface area contributed by atoms with Crippen LogP contribution in [0.4, 0.5) is 0 Å². The maximum absolute atomic E-state index is 8.25. The first kappa shape index (κ1) is 15.2. The molecule has 6 rings (SSSR count). The van der Waals surface area contributed by atoms with Gasteiger partial charge in [-0.05, 0) is 61.0 Å². The molecule has 0 bridgehead atoms. The molecule has 0 aliphatic heterocycles. The van der Waals surface area contributed by atoms with E-state index in [9.17, 15) is 0 Å². The maximum Gasteiger partial charge on any atom is 0.216 e. The van der Waals surface area contributed by atoms with Gasteiger partial charge in [-0.25, -0.2) is 0 Å². The van der Waals surface area contributed by atoms with Gasteiger partial charge in [-0.2, -0.15) is 4.57 Å². The number of hydrogen-bond donors (Lipinski definition) is 0. The minimum Gasteiger partial charge on any atom is -0.454 e. The Bertz CT molecular complexity index is 1780. The number of furan rings is 1. The Kier molecular flexibility index (Phi) is 3.15. The number of rotatable bonds is 1. The van der Waals surface area contributed by atoms with E-state index in [0.717, 1.165) is 55.0 Å². The Morgan fingerprint density at radius 2 is 1.58 bits per heavy atom. The van der Waals surface area contributed by atoms with Gasteiger partial charge in [-0.1, -0.05) is 42.5 Å². The molecule has 2 heterocycles. The van der Waals surface area contributed by atoms with Crippen LogP contribution in [0, 0.1) is 20.7 Å². The van der Waals surface area contributed by atoms with Crippen molar-refractivity contribution in [2.75, 3.05) is 0 Å². The summed E-state index contributed by atoms with van der Waals surface area (Å²) in [6, 6.07) is 24.5. The molecule has 150 valence electrons. The summed E-state index contributed by atoms with van der Waals surface area (Å²) in [5.41, 5.74) is 6.63. The van der Waals surface area contributed by atoms with Crippen LogP contribution in [0.3, 0.4) is 0 Å². The van der Waals surface area contributed by atoms with Gasteiger partial charge in [0.05, 0.1) is 5.56 Å². The number of pyridine rings is 1. The van der Waals surface area contributed by atoms with Crippen molar-refractivity contribution in [3.63, 3.8) is 0 Å². The van der Waals surface area contributed by atoms with E-state index in [-0.39, 0.29) is 0 Å². The third kappa shape index (κ3) is 2.48. The van der Waals surface area contributed by atoms with Crippen LogP contribution in [-0.2, 0) is 7.05 Å². The van der Waals surface area contributed by atoms with E-state index in [1.165, 1.54) is 10.9 Å². The minimum atomic E-state index is -2.24. The fourth-order valence-corrected chi connectivity index (χ4v) is 4.87. The molecule has 0 aliphatic rings. The van der Waals surface area contributed by atoms with Crippen molar-refractivity contribution < 1.29 is 13.1 Å². The zero-order valence-corrected chi connectivity index (χ0v) is 17.8. The zero-order chi connectivity index (χ0) is 23.8. The summed E-state index contributed by atoms with van der Waals surface area (Å²) in [5.74, 6) is 0. The average Bonchev–Trinajstić information content (AvgIpc) is 3.18. The number of fused-ring (bicyclic) bond motifs is 6. The standard InChI is InChI=1S/C29H24NO/c1-17-8-7-11-25-21(17)14-15-26(30(25)4)27-19(3)18(2)16-24-23-13-12-20-9-5-6-10-22(20)28(23)31-29(24)27/h5-16H,1-4H3/q+1/i2D3. The predicted molar refractivity (Wildman–Crippen MR) is 130 cm³/mol. The number of hydrogen-bond acceptors (Lipinski definition) is 1. The topological polar surface area (TPSA) is 17.0 Å². The molecule has 0 saturated carbocycles. The Morgan fingerprint density at radius 1 is 0.742 bits per heavy atom.